The number of methoxy groups -OCH3 is 3. The van der Waals surface area contributed by atoms with Crippen molar-refractivity contribution in [3.8, 4) is 23.0 Å². The molecule has 23 heavy (non-hydrogen) atoms. The van der Waals surface area contributed by atoms with Crippen LogP contribution in [-0.2, 0) is 0 Å². The summed E-state index contributed by atoms with van der Waals surface area (Å²) in [4.78, 5) is 0. The maximum Gasteiger partial charge on any atom is 0.165 e. The van der Waals surface area contributed by atoms with E-state index in [1.807, 2.05) is 6.07 Å². The molecule has 1 unspecified atom stereocenters. The van der Waals surface area contributed by atoms with Gasteiger partial charge < -0.3 is 18.9 Å². The lowest BCUT2D eigenvalue weighted by Crippen LogP contribution is -2.06. The van der Waals surface area contributed by atoms with Crippen molar-refractivity contribution in [3.05, 3.63) is 12.1 Å². The SMILES string of the molecule is COc1cc(OC)c(OCCC(C)CCCC(C)C)cc1OC. The van der Waals surface area contributed by atoms with Gasteiger partial charge in [-0.15, -0.1) is 0 Å². The third-order valence-corrected chi connectivity index (χ3v) is 4.02. The largest absolute Gasteiger partial charge is 0.493 e. The van der Waals surface area contributed by atoms with Crippen molar-refractivity contribution in [3.63, 3.8) is 0 Å². The Hall–Kier alpha value is -1.58. The smallest absolute Gasteiger partial charge is 0.165 e. The fraction of sp³-hybridized carbons (Fsp3) is 0.684. The molecular weight excluding hydrogens is 292 g/mol. The fourth-order valence-electron chi connectivity index (χ4n) is 2.50. The highest BCUT2D eigenvalue weighted by Crippen LogP contribution is 2.39. The first kappa shape index (κ1) is 19.5. The average molecular weight is 324 g/mol. The Balaban J connectivity index is 2.53. The Morgan fingerprint density at radius 3 is 1.78 bits per heavy atom. The minimum atomic E-state index is 0.638. The summed E-state index contributed by atoms with van der Waals surface area (Å²) in [6.07, 6.45) is 4.88. The lowest BCUT2D eigenvalue weighted by molar-refractivity contribution is 0.259. The van der Waals surface area contributed by atoms with Crippen molar-refractivity contribution in [2.45, 2.75) is 46.5 Å². The Morgan fingerprint density at radius 2 is 1.26 bits per heavy atom. The van der Waals surface area contributed by atoms with E-state index in [4.69, 9.17) is 18.9 Å². The van der Waals surface area contributed by atoms with Gasteiger partial charge >= 0.3 is 0 Å². The van der Waals surface area contributed by atoms with Crippen LogP contribution in [0.2, 0.25) is 0 Å². The minimum Gasteiger partial charge on any atom is -0.493 e. The van der Waals surface area contributed by atoms with Crippen molar-refractivity contribution in [2.24, 2.45) is 11.8 Å². The second-order valence-electron chi connectivity index (χ2n) is 6.43. The van der Waals surface area contributed by atoms with E-state index in [1.165, 1.54) is 19.3 Å². The molecule has 0 aliphatic carbocycles. The molecule has 0 fully saturated rings. The van der Waals surface area contributed by atoms with E-state index in [0.29, 0.717) is 35.5 Å². The van der Waals surface area contributed by atoms with Gasteiger partial charge in [0.1, 0.15) is 0 Å². The molecule has 0 amide bonds. The van der Waals surface area contributed by atoms with Crippen LogP contribution in [0.5, 0.6) is 23.0 Å². The Morgan fingerprint density at radius 1 is 0.739 bits per heavy atom. The summed E-state index contributed by atoms with van der Waals surface area (Å²) in [5.41, 5.74) is 0. The maximum atomic E-state index is 5.91. The van der Waals surface area contributed by atoms with Gasteiger partial charge in [-0.1, -0.05) is 40.0 Å². The van der Waals surface area contributed by atoms with Gasteiger partial charge in [-0.05, 0) is 18.3 Å². The molecule has 132 valence electrons. The maximum absolute atomic E-state index is 5.91. The summed E-state index contributed by atoms with van der Waals surface area (Å²) in [6.45, 7) is 7.51. The normalized spacial score (nSPS) is 12.1. The van der Waals surface area contributed by atoms with Gasteiger partial charge in [-0.2, -0.15) is 0 Å². The van der Waals surface area contributed by atoms with E-state index in [2.05, 4.69) is 20.8 Å². The molecule has 0 radical (unpaired) electrons. The highest BCUT2D eigenvalue weighted by Gasteiger charge is 2.13. The molecule has 0 saturated carbocycles. The summed E-state index contributed by atoms with van der Waals surface area (Å²) in [7, 11) is 4.85. The molecule has 0 aliphatic heterocycles. The lowest BCUT2D eigenvalue weighted by Gasteiger charge is -2.16. The predicted molar refractivity (Wildman–Crippen MR) is 94.1 cm³/mol. The average Bonchev–Trinajstić information content (AvgIpc) is 2.53. The molecule has 1 atom stereocenters. The topological polar surface area (TPSA) is 36.9 Å². The van der Waals surface area contributed by atoms with Gasteiger partial charge in [-0.3, -0.25) is 0 Å². The quantitative estimate of drug-likeness (QED) is 0.577. The van der Waals surface area contributed by atoms with E-state index >= 15 is 0 Å². The third-order valence-electron chi connectivity index (χ3n) is 4.02. The zero-order valence-corrected chi connectivity index (χ0v) is 15.5. The molecule has 1 aromatic rings. The number of hydrogen-bond acceptors (Lipinski definition) is 4. The molecule has 0 spiro atoms. The van der Waals surface area contributed by atoms with Crippen LogP contribution in [0, 0.1) is 11.8 Å². The first-order chi connectivity index (χ1) is 11.0. The molecule has 0 aliphatic rings. The molecule has 0 aromatic heterocycles. The van der Waals surface area contributed by atoms with Gasteiger partial charge in [0.25, 0.3) is 0 Å². The molecule has 4 heteroatoms. The van der Waals surface area contributed by atoms with Crippen LogP contribution in [0.25, 0.3) is 0 Å². The second-order valence-corrected chi connectivity index (χ2v) is 6.43. The van der Waals surface area contributed by atoms with Gasteiger partial charge in [0.2, 0.25) is 0 Å². The van der Waals surface area contributed by atoms with Crippen molar-refractivity contribution < 1.29 is 18.9 Å². The predicted octanol–water partition coefficient (Wildman–Crippen LogP) is 4.94. The van der Waals surface area contributed by atoms with Crippen LogP contribution in [-0.4, -0.2) is 27.9 Å². The zero-order chi connectivity index (χ0) is 17.2. The van der Waals surface area contributed by atoms with Crippen LogP contribution >= 0.6 is 0 Å². The summed E-state index contributed by atoms with van der Waals surface area (Å²) in [5.74, 6) is 4.09. The van der Waals surface area contributed by atoms with E-state index in [0.717, 1.165) is 12.3 Å². The van der Waals surface area contributed by atoms with Gasteiger partial charge in [0.05, 0.1) is 27.9 Å². The van der Waals surface area contributed by atoms with Crippen molar-refractivity contribution >= 4 is 0 Å². The number of rotatable bonds is 11. The van der Waals surface area contributed by atoms with E-state index < -0.39 is 0 Å². The fourth-order valence-corrected chi connectivity index (χ4v) is 2.50. The molecule has 0 bridgehead atoms. The molecule has 0 saturated heterocycles. The number of hydrogen-bond donors (Lipinski definition) is 0. The van der Waals surface area contributed by atoms with E-state index in [-0.39, 0.29) is 0 Å². The van der Waals surface area contributed by atoms with Crippen molar-refractivity contribution in [2.75, 3.05) is 27.9 Å². The molecule has 1 rings (SSSR count). The third kappa shape index (κ3) is 6.59. The summed E-state index contributed by atoms with van der Waals surface area (Å²) in [6, 6.07) is 3.61. The lowest BCUT2D eigenvalue weighted by atomic mass is 9.98. The van der Waals surface area contributed by atoms with Crippen LogP contribution in [0.15, 0.2) is 12.1 Å². The Kier molecular flexibility index (Phi) is 8.67. The highest BCUT2D eigenvalue weighted by atomic mass is 16.5. The molecule has 0 N–H and O–H groups in total. The highest BCUT2D eigenvalue weighted by molar-refractivity contribution is 5.54. The Bertz CT molecular complexity index is 457. The van der Waals surface area contributed by atoms with Crippen LogP contribution in [0.4, 0.5) is 0 Å². The molecule has 0 heterocycles. The minimum absolute atomic E-state index is 0.638. The molecule has 4 nitrogen and oxygen atoms in total. The van der Waals surface area contributed by atoms with Crippen LogP contribution < -0.4 is 18.9 Å². The van der Waals surface area contributed by atoms with Gasteiger partial charge in [-0.25, -0.2) is 0 Å². The summed E-state index contributed by atoms with van der Waals surface area (Å²) >= 11 is 0. The van der Waals surface area contributed by atoms with Crippen LogP contribution in [0.3, 0.4) is 0 Å². The first-order valence-electron chi connectivity index (χ1n) is 8.44. The van der Waals surface area contributed by atoms with E-state index in [9.17, 15) is 0 Å². The van der Waals surface area contributed by atoms with Gasteiger partial charge in [0, 0.05) is 12.1 Å². The van der Waals surface area contributed by atoms with E-state index in [1.54, 1.807) is 27.4 Å². The first-order valence-corrected chi connectivity index (χ1v) is 8.44. The van der Waals surface area contributed by atoms with Crippen molar-refractivity contribution in [1.29, 1.82) is 0 Å². The zero-order valence-electron chi connectivity index (χ0n) is 15.5. The van der Waals surface area contributed by atoms with Gasteiger partial charge in [0.15, 0.2) is 23.0 Å². The summed E-state index contributed by atoms with van der Waals surface area (Å²) in [5, 5.41) is 0. The Labute approximate surface area is 141 Å². The standard InChI is InChI=1S/C19H32O4/c1-14(2)8-7-9-15(3)10-11-23-19-13-17(21-5)16(20-4)12-18(19)22-6/h12-15H,7-11H2,1-6H3. The second kappa shape index (κ2) is 10.2. The van der Waals surface area contributed by atoms with Crippen molar-refractivity contribution in [1.82, 2.24) is 0 Å². The summed E-state index contributed by atoms with van der Waals surface area (Å²) < 4.78 is 21.9. The van der Waals surface area contributed by atoms with Crippen LogP contribution in [0.1, 0.15) is 46.5 Å². The monoisotopic (exact) mass is 324 g/mol. The number of ether oxygens (including phenoxy) is 4. The number of benzene rings is 1. The molecule has 1 aromatic carbocycles. The molecular formula is C19H32O4.